The number of rotatable bonds is 3. The van der Waals surface area contributed by atoms with E-state index in [1.807, 2.05) is 32.0 Å². The Morgan fingerprint density at radius 1 is 1.17 bits per heavy atom. The summed E-state index contributed by atoms with van der Waals surface area (Å²) in [6.07, 6.45) is 1.47. The Balaban J connectivity index is 1.96. The van der Waals surface area contributed by atoms with Crippen LogP contribution < -0.4 is 5.43 Å². The molecule has 1 aromatic carbocycles. The number of furan rings is 1. The topological polar surface area (TPSA) is 54.6 Å². The molecule has 0 fully saturated rings. The molecule has 2 rings (SSSR count). The summed E-state index contributed by atoms with van der Waals surface area (Å²) in [6, 6.07) is 10.9. The molecule has 4 nitrogen and oxygen atoms in total. The van der Waals surface area contributed by atoms with Gasteiger partial charge in [-0.05, 0) is 38.1 Å². The van der Waals surface area contributed by atoms with Crippen LogP contribution in [-0.2, 0) is 0 Å². The first kappa shape index (κ1) is 12.1. The van der Waals surface area contributed by atoms with Crippen LogP contribution in [0.1, 0.15) is 27.4 Å². The Bertz CT molecular complexity index is 568. The SMILES string of the molecule is Cc1ccc(C(=O)NN=Cc2ccc(C)o2)cc1. The van der Waals surface area contributed by atoms with E-state index in [1.165, 1.54) is 6.21 Å². The first-order chi connectivity index (χ1) is 8.65. The van der Waals surface area contributed by atoms with Crippen molar-refractivity contribution in [3.63, 3.8) is 0 Å². The first-order valence-electron chi connectivity index (χ1n) is 5.61. The second kappa shape index (κ2) is 5.31. The summed E-state index contributed by atoms with van der Waals surface area (Å²) in [5.74, 6) is 1.17. The van der Waals surface area contributed by atoms with Crippen molar-refractivity contribution in [2.75, 3.05) is 0 Å². The molecule has 2 aromatic rings. The van der Waals surface area contributed by atoms with Gasteiger partial charge in [-0.1, -0.05) is 17.7 Å². The summed E-state index contributed by atoms with van der Waals surface area (Å²) in [7, 11) is 0. The molecule has 0 aliphatic heterocycles. The van der Waals surface area contributed by atoms with Gasteiger partial charge in [0, 0.05) is 5.56 Å². The molecule has 1 heterocycles. The van der Waals surface area contributed by atoms with E-state index in [0.29, 0.717) is 11.3 Å². The van der Waals surface area contributed by atoms with Crippen LogP contribution in [0.2, 0.25) is 0 Å². The van der Waals surface area contributed by atoms with Crippen LogP contribution in [0.4, 0.5) is 0 Å². The predicted octanol–water partition coefficient (Wildman–Crippen LogP) is 2.66. The number of amides is 1. The number of aryl methyl sites for hydroxylation is 2. The number of nitrogens with zero attached hydrogens (tertiary/aromatic N) is 1. The largest absolute Gasteiger partial charge is 0.460 e. The Morgan fingerprint density at radius 2 is 1.89 bits per heavy atom. The highest BCUT2D eigenvalue weighted by molar-refractivity contribution is 5.94. The lowest BCUT2D eigenvalue weighted by Gasteiger charge is -1.99. The fourth-order valence-electron chi connectivity index (χ4n) is 1.45. The zero-order chi connectivity index (χ0) is 13.0. The minimum absolute atomic E-state index is 0.241. The van der Waals surface area contributed by atoms with Crippen molar-refractivity contribution >= 4 is 12.1 Å². The van der Waals surface area contributed by atoms with Crippen molar-refractivity contribution in [2.45, 2.75) is 13.8 Å². The second-order valence-corrected chi connectivity index (χ2v) is 4.01. The number of nitrogens with one attached hydrogen (secondary N) is 1. The molecule has 1 aromatic heterocycles. The normalized spacial score (nSPS) is 10.8. The van der Waals surface area contributed by atoms with Crippen LogP contribution in [0.25, 0.3) is 0 Å². The summed E-state index contributed by atoms with van der Waals surface area (Å²) in [5, 5.41) is 3.84. The molecule has 0 saturated carbocycles. The Labute approximate surface area is 105 Å². The van der Waals surface area contributed by atoms with Crippen molar-refractivity contribution in [3.8, 4) is 0 Å². The highest BCUT2D eigenvalue weighted by Gasteiger charge is 2.02. The summed E-state index contributed by atoms with van der Waals surface area (Å²) in [6.45, 7) is 3.82. The lowest BCUT2D eigenvalue weighted by molar-refractivity contribution is 0.0955. The highest BCUT2D eigenvalue weighted by atomic mass is 16.3. The van der Waals surface area contributed by atoms with Gasteiger partial charge in [-0.3, -0.25) is 4.79 Å². The standard InChI is InChI=1S/C14H14N2O2/c1-10-3-6-12(7-4-10)14(17)16-15-9-13-8-5-11(2)18-13/h3-9H,1-2H3,(H,16,17). The molecule has 4 heteroatoms. The number of hydrogen-bond donors (Lipinski definition) is 1. The maximum atomic E-state index is 11.7. The van der Waals surface area contributed by atoms with Gasteiger partial charge < -0.3 is 4.42 Å². The molecule has 0 spiro atoms. The summed E-state index contributed by atoms with van der Waals surface area (Å²) in [5.41, 5.74) is 4.14. The van der Waals surface area contributed by atoms with Crippen molar-refractivity contribution in [1.29, 1.82) is 0 Å². The van der Waals surface area contributed by atoms with Crippen LogP contribution >= 0.6 is 0 Å². The van der Waals surface area contributed by atoms with Gasteiger partial charge in [-0.15, -0.1) is 0 Å². The fourth-order valence-corrected chi connectivity index (χ4v) is 1.45. The van der Waals surface area contributed by atoms with E-state index in [0.717, 1.165) is 11.3 Å². The average molecular weight is 242 g/mol. The molecule has 92 valence electrons. The van der Waals surface area contributed by atoms with Gasteiger partial charge in [0.1, 0.15) is 11.5 Å². The molecule has 0 atom stereocenters. The van der Waals surface area contributed by atoms with E-state index >= 15 is 0 Å². The number of carbonyl (C=O) groups excluding carboxylic acids is 1. The maximum absolute atomic E-state index is 11.7. The average Bonchev–Trinajstić information content (AvgIpc) is 2.76. The molecule has 0 aliphatic carbocycles. The van der Waals surface area contributed by atoms with Crippen molar-refractivity contribution in [2.24, 2.45) is 5.10 Å². The third-order valence-corrected chi connectivity index (χ3v) is 2.43. The van der Waals surface area contributed by atoms with Gasteiger partial charge in [0.25, 0.3) is 5.91 Å². The molecule has 1 amide bonds. The molecule has 0 radical (unpaired) electrons. The summed E-state index contributed by atoms with van der Waals surface area (Å²) < 4.78 is 5.29. The molecule has 0 aliphatic rings. The molecular weight excluding hydrogens is 228 g/mol. The molecule has 0 unspecified atom stereocenters. The smallest absolute Gasteiger partial charge is 0.271 e. The maximum Gasteiger partial charge on any atom is 0.271 e. The Hall–Kier alpha value is -2.36. The first-order valence-corrected chi connectivity index (χ1v) is 5.61. The van der Waals surface area contributed by atoms with Gasteiger partial charge in [0.15, 0.2) is 0 Å². The molecule has 1 N–H and O–H groups in total. The zero-order valence-electron chi connectivity index (χ0n) is 10.3. The Morgan fingerprint density at radius 3 is 2.50 bits per heavy atom. The lowest BCUT2D eigenvalue weighted by atomic mass is 10.1. The van der Waals surface area contributed by atoms with Gasteiger partial charge in [-0.2, -0.15) is 5.10 Å². The van der Waals surface area contributed by atoms with E-state index in [4.69, 9.17) is 4.42 Å². The highest BCUT2D eigenvalue weighted by Crippen LogP contribution is 2.04. The lowest BCUT2D eigenvalue weighted by Crippen LogP contribution is -2.17. The van der Waals surface area contributed by atoms with Crippen molar-refractivity contribution < 1.29 is 9.21 Å². The van der Waals surface area contributed by atoms with Crippen LogP contribution in [0, 0.1) is 13.8 Å². The van der Waals surface area contributed by atoms with Crippen LogP contribution in [0.15, 0.2) is 45.9 Å². The fraction of sp³-hybridized carbons (Fsp3) is 0.143. The molecule has 18 heavy (non-hydrogen) atoms. The van der Waals surface area contributed by atoms with E-state index in [1.54, 1.807) is 18.2 Å². The Kier molecular flexibility index (Phi) is 3.57. The van der Waals surface area contributed by atoms with Gasteiger partial charge in [-0.25, -0.2) is 5.43 Å². The third-order valence-electron chi connectivity index (χ3n) is 2.43. The molecule has 0 bridgehead atoms. The van der Waals surface area contributed by atoms with E-state index < -0.39 is 0 Å². The molecular formula is C14H14N2O2. The van der Waals surface area contributed by atoms with Crippen molar-refractivity contribution in [3.05, 3.63) is 59.0 Å². The van der Waals surface area contributed by atoms with E-state index in [2.05, 4.69) is 10.5 Å². The van der Waals surface area contributed by atoms with E-state index in [-0.39, 0.29) is 5.91 Å². The number of hydrogen-bond acceptors (Lipinski definition) is 3. The van der Waals surface area contributed by atoms with Gasteiger partial charge in [0.2, 0.25) is 0 Å². The third kappa shape index (κ3) is 3.07. The number of carbonyl (C=O) groups is 1. The van der Waals surface area contributed by atoms with E-state index in [9.17, 15) is 4.79 Å². The zero-order valence-corrected chi connectivity index (χ0v) is 10.3. The van der Waals surface area contributed by atoms with Gasteiger partial charge >= 0.3 is 0 Å². The van der Waals surface area contributed by atoms with Crippen LogP contribution in [-0.4, -0.2) is 12.1 Å². The van der Waals surface area contributed by atoms with Gasteiger partial charge in [0.05, 0.1) is 6.21 Å². The van der Waals surface area contributed by atoms with Crippen LogP contribution in [0.3, 0.4) is 0 Å². The predicted molar refractivity (Wildman–Crippen MR) is 69.7 cm³/mol. The van der Waals surface area contributed by atoms with Crippen LogP contribution in [0.5, 0.6) is 0 Å². The number of benzene rings is 1. The quantitative estimate of drug-likeness (QED) is 0.664. The number of hydrazone groups is 1. The minimum Gasteiger partial charge on any atom is -0.460 e. The monoisotopic (exact) mass is 242 g/mol. The summed E-state index contributed by atoms with van der Waals surface area (Å²) >= 11 is 0. The molecule has 0 saturated heterocycles. The second-order valence-electron chi connectivity index (χ2n) is 4.01. The minimum atomic E-state index is -0.241. The van der Waals surface area contributed by atoms with Crippen molar-refractivity contribution in [1.82, 2.24) is 5.43 Å². The summed E-state index contributed by atoms with van der Waals surface area (Å²) in [4.78, 5) is 11.7.